The normalized spacial score (nSPS) is 13.9. The Kier molecular flexibility index (Phi) is 8.82. The Hall–Kier alpha value is -1.63. The van der Waals surface area contributed by atoms with Crippen LogP contribution in [0, 0.1) is 11.3 Å². The third-order valence-electron chi connectivity index (χ3n) is 3.71. The first kappa shape index (κ1) is 21.4. The lowest BCUT2D eigenvalue weighted by Gasteiger charge is -2.33. The van der Waals surface area contributed by atoms with Crippen LogP contribution in [0.15, 0.2) is 0 Å². The van der Waals surface area contributed by atoms with Crippen LogP contribution in [0.4, 0.5) is 0 Å². The average molecular weight is 328 g/mol. The molecule has 0 aliphatic heterocycles. The van der Waals surface area contributed by atoms with Gasteiger partial charge in [0.2, 0.25) is 17.7 Å². The number of nitrogens with one attached hydrogen (secondary N) is 2. The second kappa shape index (κ2) is 9.50. The number of hydrogen-bond donors (Lipinski definition) is 3. The first-order valence-corrected chi connectivity index (χ1v) is 8.05. The second-order valence-electron chi connectivity index (χ2n) is 7.15. The number of unbranched alkanes of at least 4 members (excludes halogenated alkanes) is 1. The highest BCUT2D eigenvalue weighted by Gasteiger charge is 2.35. The molecule has 3 amide bonds. The standard InChI is InChI=1S/C16H32N4O3/c1-7-8-9-11(10-12(21)19-17)14(22)18-13(16(2,3)4)15(23)20(5)6/h11,13H,7-10,17H2,1-6H3,(H,18,22)(H,19,21)/t11-,13-/m1/s1. The average Bonchev–Trinajstić information content (AvgIpc) is 2.46. The molecule has 0 aliphatic carbocycles. The SMILES string of the molecule is CCCC[C@H](CC(=O)NN)C(=O)N[C@H](C(=O)N(C)C)C(C)(C)C. The molecule has 7 heteroatoms. The first-order chi connectivity index (χ1) is 10.5. The minimum Gasteiger partial charge on any atom is -0.347 e. The molecule has 0 fully saturated rings. The van der Waals surface area contributed by atoms with Crippen LogP contribution in [0.1, 0.15) is 53.4 Å². The number of amides is 3. The minimum absolute atomic E-state index is 0.0232. The molecular formula is C16H32N4O3. The number of rotatable bonds is 8. The smallest absolute Gasteiger partial charge is 0.245 e. The molecule has 2 atom stereocenters. The number of nitrogens with two attached hydrogens (primary N) is 1. The van der Waals surface area contributed by atoms with E-state index in [2.05, 4.69) is 10.7 Å². The maximum atomic E-state index is 12.6. The monoisotopic (exact) mass is 328 g/mol. The molecule has 0 saturated heterocycles. The van der Waals surface area contributed by atoms with Gasteiger partial charge in [-0.25, -0.2) is 5.84 Å². The van der Waals surface area contributed by atoms with Gasteiger partial charge in [-0.15, -0.1) is 0 Å². The maximum Gasteiger partial charge on any atom is 0.245 e. The van der Waals surface area contributed by atoms with E-state index in [0.29, 0.717) is 6.42 Å². The summed E-state index contributed by atoms with van der Waals surface area (Å²) in [5.41, 5.74) is 1.63. The van der Waals surface area contributed by atoms with Crippen molar-refractivity contribution in [3.63, 3.8) is 0 Å². The summed E-state index contributed by atoms with van der Waals surface area (Å²) in [5, 5.41) is 2.83. The molecule has 0 heterocycles. The lowest BCUT2D eigenvalue weighted by molar-refractivity contribution is -0.139. The Bertz CT molecular complexity index is 416. The zero-order chi connectivity index (χ0) is 18.2. The van der Waals surface area contributed by atoms with Crippen molar-refractivity contribution >= 4 is 17.7 Å². The highest BCUT2D eigenvalue weighted by molar-refractivity contribution is 5.90. The van der Waals surface area contributed by atoms with Crippen molar-refractivity contribution < 1.29 is 14.4 Å². The number of hydrogen-bond acceptors (Lipinski definition) is 4. The van der Waals surface area contributed by atoms with E-state index in [1.807, 2.05) is 27.7 Å². The van der Waals surface area contributed by atoms with E-state index in [9.17, 15) is 14.4 Å². The highest BCUT2D eigenvalue weighted by atomic mass is 16.2. The molecule has 23 heavy (non-hydrogen) atoms. The zero-order valence-electron chi connectivity index (χ0n) is 15.2. The molecule has 0 radical (unpaired) electrons. The molecule has 0 rings (SSSR count). The fourth-order valence-electron chi connectivity index (χ4n) is 2.23. The molecule has 0 aromatic carbocycles. The van der Waals surface area contributed by atoms with Crippen molar-refractivity contribution in [2.24, 2.45) is 17.2 Å². The van der Waals surface area contributed by atoms with Gasteiger partial charge in [0.05, 0.1) is 0 Å². The van der Waals surface area contributed by atoms with E-state index >= 15 is 0 Å². The molecule has 0 bridgehead atoms. The predicted octanol–water partition coefficient (Wildman–Crippen LogP) is 0.792. The van der Waals surface area contributed by atoms with Crippen LogP contribution in [0.5, 0.6) is 0 Å². The summed E-state index contributed by atoms with van der Waals surface area (Å²) >= 11 is 0. The Labute approximate surface area is 139 Å². The van der Waals surface area contributed by atoms with Gasteiger partial charge in [0.25, 0.3) is 0 Å². The van der Waals surface area contributed by atoms with Crippen molar-refractivity contribution in [1.82, 2.24) is 15.6 Å². The largest absolute Gasteiger partial charge is 0.347 e. The van der Waals surface area contributed by atoms with Crippen LogP contribution in [0.25, 0.3) is 0 Å². The topological polar surface area (TPSA) is 105 Å². The Morgan fingerprint density at radius 1 is 1.17 bits per heavy atom. The van der Waals surface area contributed by atoms with Gasteiger partial charge in [-0.2, -0.15) is 0 Å². The third-order valence-corrected chi connectivity index (χ3v) is 3.71. The first-order valence-electron chi connectivity index (χ1n) is 8.05. The molecule has 134 valence electrons. The van der Waals surface area contributed by atoms with Gasteiger partial charge in [0, 0.05) is 26.4 Å². The molecule has 4 N–H and O–H groups in total. The quantitative estimate of drug-likeness (QED) is 0.348. The van der Waals surface area contributed by atoms with E-state index in [-0.39, 0.29) is 24.1 Å². The van der Waals surface area contributed by atoms with Gasteiger partial charge in [-0.3, -0.25) is 19.8 Å². The Morgan fingerprint density at radius 3 is 2.13 bits per heavy atom. The lowest BCUT2D eigenvalue weighted by Crippen LogP contribution is -2.54. The molecule has 0 aromatic heterocycles. The van der Waals surface area contributed by atoms with E-state index in [1.54, 1.807) is 14.1 Å². The number of hydrazine groups is 1. The molecule has 0 aliphatic rings. The van der Waals surface area contributed by atoms with Crippen molar-refractivity contribution in [3.8, 4) is 0 Å². The van der Waals surface area contributed by atoms with Gasteiger partial charge in [0.15, 0.2) is 0 Å². The summed E-state index contributed by atoms with van der Waals surface area (Å²) in [6.07, 6.45) is 2.36. The molecule has 0 unspecified atom stereocenters. The molecule has 0 spiro atoms. The summed E-state index contributed by atoms with van der Waals surface area (Å²) in [6, 6.07) is -0.643. The van der Waals surface area contributed by atoms with Crippen molar-refractivity contribution in [2.45, 2.75) is 59.4 Å². The molecule has 0 aromatic rings. The van der Waals surface area contributed by atoms with Crippen LogP contribution in [0.2, 0.25) is 0 Å². The van der Waals surface area contributed by atoms with Crippen molar-refractivity contribution in [1.29, 1.82) is 0 Å². The molecule has 7 nitrogen and oxygen atoms in total. The van der Waals surface area contributed by atoms with Gasteiger partial charge in [-0.1, -0.05) is 40.5 Å². The lowest BCUT2D eigenvalue weighted by atomic mass is 9.85. The van der Waals surface area contributed by atoms with Gasteiger partial charge in [-0.05, 0) is 11.8 Å². The van der Waals surface area contributed by atoms with E-state index in [1.165, 1.54) is 4.90 Å². The summed E-state index contributed by atoms with van der Waals surface area (Å²) in [6.45, 7) is 7.71. The van der Waals surface area contributed by atoms with Crippen LogP contribution in [-0.4, -0.2) is 42.8 Å². The number of carbonyl (C=O) groups excluding carboxylic acids is 3. The zero-order valence-corrected chi connectivity index (χ0v) is 15.2. The Balaban J connectivity index is 5.15. The van der Waals surface area contributed by atoms with E-state index in [0.717, 1.165) is 12.8 Å². The Morgan fingerprint density at radius 2 is 1.74 bits per heavy atom. The van der Waals surface area contributed by atoms with E-state index < -0.39 is 17.4 Å². The summed E-state index contributed by atoms with van der Waals surface area (Å²) < 4.78 is 0. The number of likely N-dealkylation sites (N-methyl/N-ethyl adjacent to an activating group) is 1. The van der Waals surface area contributed by atoms with Gasteiger partial charge in [0.1, 0.15) is 6.04 Å². The summed E-state index contributed by atoms with van der Waals surface area (Å²) in [7, 11) is 3.31. The van der Waals surface area contributed by atoms with E-state index in [4.69, 9.17) is 5.84 Å². The van der Waals surface area contributed by atoms with Crippen LogP contribution in [0.3, 0.4) is 0 Å². The van der Waals surface area contributed by atoms with Gasteiger partial charge < -0.3 is 10.2 Å². The number of nitrogens with zero attached hydrogens (tertiary/aromatic N) is 1. The summed E-state index contributed by atoms with van der Waals surface area (Å²) in [5.74, 6) is 3.80. The van der Waals surface area contributed by atoms with Gasteiger partial charge >= 0.3 is 0 Å². The fourth-order valence-corrected chi connectivity index (χ4v) is 2.23. The van der Waals surface area contributed by atoms with Crippen LogP contribution >= 0.6 is 0 Å². The predicted molar refractivity (Wildman–Crippen MR) is 90.0 cm³/mol. The third kappa shape index (κ3) is 7.45. The van der Waals surface area contributed by atoms with Crippen LogP contribution in [-0.2, 0) is 14.4 Å². The maximum absolute atomic E-state index is 12.6. The molecular weight excluding hydrogens is 296 g/mol. The highest BCUT2D eigenvalue weighted by Crippen LogP contribution is 2.22. The number of carbonyl (C=O) groups is 3. The summed E-state index contributed by atoms with van der Waals surface area (Å²) in [4.78, 5) is 37.9. The second-order valence-corrected chi connectivity index (χ2v) is 7.15. The van der Waals surface area contributed by atoms with Crippen molar-refractivity contribution in [3.05, 3.63) is 0 Å². The fraction of sp³-hybridized carbons (Fsp3) is 0.812. The minimum atomic E-state index is -0.643. The molecule has 0 saturated carbocycles. The van der Waals surface area contributed by atoms with Crippen LogP contribution < -0.4 is 16.6 Å². The van der Waals surface area contributed by atoms with Crippen molar-refractivity contribution in [2.75, 3.05) is 14.1 Å².